The zero-order chi connectivity index (χ0) is 29.9. The second-order valence-corrected chi connectivity index (χ2v) is 13.5. The van der Waals surface area contributed by atoms with Gasteiger partial charge in [0, 0.05) is 34.8 Å². The molecule has 4 rings (SSSR count). The third-order valence-corrected chi connectivity index (χ3v) is 10.4. The Kier molecular flexibility index (Phi) is 12.8. The van der Waals surface area contributed by atoms with Gasteiger partial charge in [0.05, 0.1) is 0 Å². The highest BCUT2D eigenvalue weighted by Gasteiger charge is 2.30. The van der Waals surface area contributed by atoms with Crippen molar-refractivity contribution >= 4 is 17.7 Å². The normalized spacial score (nSPS) is 28.1. The van der Waals surface area contributed by atoms with Crippen LogP contribution in [0.15, 0.2) is 18.2 Å². The lowest BCUT2D eigenvalue weighted by molar-refractivity contribution is 0.0902. The smallest absolute Gasteiger partial charge is 0.251 e. The number of hydrogen-bond acceptors (Lipinski definition) is 3. The van der Waals surface area contributed by atoms with Crippen molar-refractivity contribution in [2.75, 3.05) is 0 Å². The minimum Gasteiger partial charge on any atom is -0.349 e. The molecule has 3 aliphatic rings. The Hall–Kier alpha value is -2.37. The molecule has 3 aliphatic carbocycles. The molecule has 0 heterocycles. The van der Waals surface area contributed by atoms with Gasteiger partial charge >= 0.3 is 0 Å². The van der Waals surface area contributed by atoms with Gasteiger partial charge in [0.15, 0.2) is 0 Å². The maximum atomic E-state index is 13.7. The van der Waals surface area contributed by atoms with Crippen LogP contribution in [0.4, 0.5) is 0 Å². The van der Waals surface area contributed by atoms with E-state index < -0.39 is 0 Å². The van der Waals surface area contributed by atoms with E-state index in [4.69, 9.17) is 0 Å². The topological polar surface area (TPSA) is 87.3 Å². The van der Waals surface area contributed by atoms with Crippen LogP contribution in [-0.2, 0) is 0 Å². The van der Waals surface area contributed by atoms with Gasteiger partial charge in [0.25, 0.3) is 17.7 Å². The lowest BCUT2D eigenvalue weighted by Crippen LogP contribution is -2.44. The Morgan fingerprint density at radius 3 is 1.02 bits per heavy atom. The van der Waals surface area contributed by atoms with E-state index in [1.807, 2.05) is 0 Å². The summed E-state index contributed by atoms with van der Waals surface area (Å²) >= 11 is 0. The molecule has 6 unspecified atom stereocenters. The standard InChI is InChI=1S/C36H57N3O3/c1-4-13-25-16-7-10-19-31(25)37-34(40)28-22-29(35(41)38-32-20-11-8-17-26(32)14-5-2)24-30(23-28)36(42)39-33-21-12-9-18-27(33)15-6-3/h22-27,31-33H,4-21H2,1-3H3,(H,37,40)(H,38,41)(H,39,42). The van der Waals surface area contributed by atoms with Crippen molar-refractivity contribution < 1.29 is 14.4 Å². The molecule has 3 N–H and O–H groups in total. The molecule has 0 bridgehead atoms. The molecular formula is C36H57N3O3. The monoisotopic (exact) mass is 579 g/mol. The molecule has 6 heteroatoms. The van der Waals surface area contributed by atoms with Gasteiger partial charge in [-0.25, -0.2) is 0 Å². The van der Waals surface area contributed by atoms with Gasteiger partial charge in [-0.15, -0.1) is 0 Å². The molecule has 3 amide bonds. The maximum Gasteiger partial charge on any atom is 0.251 e. The second kappa shape index (κ2) is 16.5. The van der Waals surface area contributed by atoms with E-state index in [1.165, 1.54) is 19.3 Å². The summed E-state index contributed by atoms with van der Waals surface area (Å²) in [5.41, 5.74) is 1.24. The van der Waals surface area contributed by atoms with E-state index in [2.05, 4.69) is 36.7 Å². The van der Waals surface area contributed by atoms with Crippen molar-refractivity contribution in [3.8, 4) is 0 Å². The summed E-state index contributed by atoms with van der Waals surface area (Å²) in [7, 11) is 0. The van der Waals surface area contributed by atoms with Gasteiger partial charge in [0.2, 0.25) is 0 Å². The summed E-state index contributed by atoms with van der Waals surface area (Å²) in [6.45, 7) is 6.61. The molecule has 1 aromatic carbocycles. The number of carbonyl (C=O) groups excluding carboxylic acids is 3. The molecule has 234 valence electrons. The molecule has 3 fully saturated rings. The van der Waals surface area contributed by atoms with E-state index in [9.17, 15) is 14.4 Å². The number of amides is 3. The molecule has 0 spiro atoms. The zero-order valence-electron chi connectivity index (χ0n) is 26.6. The summed E-state index contributed by atoms with van der Waals surface area (Å²) in [4.78, 5) is 41.1. The third-order valence-electron chi connectivity index (χ3n) is 10.4. The van der Waals surface area contributed by atoms with Crippen LogP contribution >= 0.6 is 0 Å². The highest BCUT2D eigenvalue weighted by atomic mass is 16.2. The molecule has 6 atom stereocenters. The quantitative estimate of drug-likeness (QED) is 0.235. The fourth-order valence-electron chi connectivity index (χ4n) is 8.12. The van der Waals surface area contributed by atoms with E-state index in [0.29, 0.717) is 34.4 Å². The molecule has 0 aromatic heterocycles. The Labute approximate surface area is 254 Å². The summed E-state index contributed by atoms with van der Waals surface area (Å²) < 4.78 is 0. The van der Waals surface area contributed by atoms with Crippen molar-refractivity contribution in [2.24, 2.45) is 17.8 Å². The second-order valence-electron chi connectivity index (χ2n) is 13.5. The van der Waals surface area contributed by atoms with Gasteiger partial charge in [0.1, 0.15) is 0 Å². The van der Waals surface area contributed by atoms with Crippen LogP contribution in [0, 0.1) is 17.8 Å². The summed E-state index contributed by atoms with van der Waals surface area (Å²) in [6.07, 6.45) is 20.1. The average Bonchev–Trinajstić information content (AvgIpc) is 3.00. The fraction of sp³-hybridized carbons (Fsp3) is 0.750. The first-order valence-corrected chi connectivity index (χ1v) is 17.5. The number of rotatable bonds is 12. The first kappa shape index (κ1) is 32.5. The van der Waals surface area contributed by atoms with E-state index in [0.717, 1.165) is 96.3 Å². The summed E-state index contributed by atoms with van der Waals surface area (Å²) in [6, 6.07) is 5.56. The van der Waals surface area contributed by atoms with Crippen molar-refractivity contribution in [3.05, 3.63) is 34.9 Å². The van der Waals surface area contributed by atoms with E-state index in [1.54, 1.807) is 18.2 Å². The van der Waals surface area contributed by atoms with Gasteiger partial charge in [-0.2, -0.15) is 0 Å². The fourth-order valence-corrected chi connectivity index (χ4v) is 8.12. The molecule has 0 aliphatic heterocycles. The number of hydrogen-bond donors (Lipinski definition) is 3. The Bertz CT molecular complexity index is 893. The molecule has 1 aromatic rings. The molecule has 3 saturated carbocycles. The van der Waals surface area contributed by atoms with Crippen LogP contribution < -0.4 is 16.0 Å². The Morgan fingerprint density at radius 1 is 0.500 bits per heavy atom. The van der Waals surface area contributed by atoms with Gasteiger partial charge in [-0.05, 0) is 93.7 Å². The molecule has 6 nitrogen and oxygen atoms in total. The average molecular weight is 580 g/mol. The van der Waals surface area contributed by atoms with Crippen molar-refractivity contribution in [1.82, 2.24) is 16.0 Å². The van der Waals surface area contributed by atoms with Crippen LogP contribution in [0.3, 0.4) is 0 Å². The van der Waals surface area contributed by atoms with Crippen LogP contribution in [0.1, 0.15) is 167 Å². The van der Waals surface area contributed by atoms with Crippen LogP contribution in [-0.4, -0.2) is 35.8 Å². The molecular weight excluding hydrogens is 522 g/mol. The number of benzene rings is 1. The predicted molar refractivity (Wildman–Crippen MR) is 171 cm³/mol. The molecule has 0 radical (unpaired) electrons. The van der Waals surface area contributed by atoms with E-state index in [-0.39, 0.29) is 35.8 Å². The van der Waals surface area contributed by atoms with Crippen molar-refractivity contribution in [1.29, 1.82) is 0 Å². The van der Waals surface area contributed by atoms with Gasteiger partial charge in [-0.3, -0.25) is 14.4 Å². The summed E-state index contributed by atoms with van der Waals surface area (Å²) in [5, 5.41) is 9.93. The first-order chi connectivity index (χ1) is 20.4. The maximum absolute atomic E-state index is 13.7. The largest absolute Gasteiger partial charge is 0.349 e. The highest BCUT2D eigenvalue weighted by molar-refractivity contribution is 6.04. The number of nitrogens with one attached hydrogen (secondary N) is 3. The predicted octanol–water partition coefficient (Wildman–Crippen LogP) is 7.95. The highest BCUT2D eigenvalue weighted by Crippen LogP contribution is 2.31. The molecule has 42 heavy (non-hydrogen) atoms. The Balaban J connectivity index is 1.57. The van der Waals surface area contributed by atoms with Crippen molar-refractivity contribution in [3.63, 3.8) is 0 Å². The minimum absolute atomic E-state index is 0.148. The Morgan fingerprint density at radius 2 is 0.762 bits per heavy atom. The van der Waals surface area contributed by atoms with Crippen LogP contribution in [0.2, 0.25) is 0 Å². The lowest BCUT2D eigenvalue weighted by atomic mass is 9.81. The third kappa shape index (κ3) is 8.83. The summed E-state index contributed by atoms with van der Waals surface area (Å²) in [5.74, 6) is 0.959. The van der Waals surface area contributed by atoms with Crippen LogP contribution in [0.25, 0.3) is 0 Å². The first-order valence-electron chi connectivity index (χ1n) is 17.5. The SMILES string of the molecule is CCCC1CCCCC1NC(=O)c1cc(C(=O)NC2CCCCC2CCC)cc(C(=O)NC2CCCCC2CCC)c1. The number of carbonyl (C=O) groups is 3. The van der Waals surface area contributed by atoms with Crippen LogP contribution in [0.5, 0.6) is 0 Å². The minimum atomic E-state index is -0.172. The van der Waals surface area contributed by atoms with Crippen molar-refractivity contribution in [2.45, 2.75) is 154 Å². The lowest BCUT2D eigenvalue weighted by Gasteiger charge is -2.33. The van der Waals surface area contributed by atoms with E-state index >= 15 is 0 Å². The van der Waals surface area contributed by atoms with Gasteiger partial charge in [-0.1, -0.05) is 78.6 Å². The molecule has 0 saturated heterocycles. The zero-order valence-corrected chi connectivity index (χ0v) is 26.6. The van der Waals surface area contributed by atoms with Gasteiger partial charge < -0.3 is 16.0 Å².